The molecule has 1 fully saturated rings. The molecule has 212 valence electrons. The monoisotopic (exact) mass is 574 g/mol. The van der Waals surface area contributed by atoms with Gasteiger partial charge in [-0.1, -0.05) is 80.6 Å². The van der Waals surface area contributed by atoms with Gasteiger partial charge >= 0.3 is 5.97 Å². The third-order valence-corrected chi connectivity index (χ3v) is 12.5. The number of amides is 1. The number of aromatic nitrogens is 3. The summed E-state index contributed by atoms with van der Waals surface area (Å²) < 4.78 is 13.2. The number of esters is 1. The predicted octanol–water partition coefficient (Wildman–Crippen LogP) is 4.63. The molecule has 2 aromatic rings. The first kappa shape index (κ1) is 30.7. The molecule has 0 spiro atoms. The number of carbonyl (C=O) groups is 3. The number of alkyl halides is 1. The Kier molecular flexibility index (Phi) is 9.90. The number of halogens is 1. The van der Waals surface area contributed by atoms with E-state index < -0.39 is 37.9 Å². The SMILES string of the molecule is C=CCOC(=O)C(Cl)N1C(=O)[C@H]([C@@H](C)O[Si](C)(C)C(C)(C)C)[C@H]1CC(=O)c1cn(CCc2ccccc2)nn1. The summed E-state index contributed by atoms with van der Waals surface area (Å²) in [4.78, 5) is 40.3. The van der Waals surface area contributed by atoms with Crippen LogP contribution in [0.25, 0.3) is 0 Å². The van der Waals surface area contributed by atoms with Crippen molar-refractivity contribution in [2.24, 2.45) is 5.92 Å². The molecule has 0 aliphatic carbocycles. The van der Waals surface area contributed by atoms with Crippen LogP contribution in [0.4, 0.5) is 0 Å². The van der Waals surface area contributed by atoms with Crippen LogP contribution in [0.1, 0.15) is 50.2 Å². The molecule has 0 radical (unpaired) electrons. The number of nitrogens with zero attached hydrogens (tertiary/aromatic N) is 4. The maximum atomic E-state index is 13.3. The second-order valence-corrected chi connectivity index (χ2v) is 16.6. The average molecular weight is 575 g/mol. The van der Waals surface area contributed by atoms with Crippen molar-refractivity contribution in [3.8, 4) is 0 Å². The first-order valence-corrected chi connectivity index (χ1v) is 16.5. The van der Waals surface area contributed by atoms with E-state index in [0.29, 0.717) is 6.54 Å². The fourth-order valence-corrected chi connectivity index (χ4v) is 6.10. The van der Waals surface area contributed by atoms with Gasteiger partial charge in [-0.2, -0.15) is 0 Å². The van der Waals surface area contributed by atoms with Gasteiger partial charge in [-0.3, -0.25) is 14.3 Å². The van der Waals surface area contributed by atoms with Crippen LogP contribution in [0.2, 0.25) is 18.1 Å². The zero-order valence-electron chi connectivity index (χ0n) is 23.6. The van der Waals surface area contributed by atoms with Gasteiger partial charge in [-0.25, -0.2) is 4.79 Å². The van der Waals surface area contributed by atoms with Crippen LogP contribution in [0.5, 0.6) is 0 Å². The summed E-state index contributed by atoms with van der Waals surface area (Å²) in [6.07, 6.45) is 3.23. The molecule has 1 saturated heterocycles. The van der Waals surface area contributed by atoms with E-state index in [-0.39, 0.29) is 35.5 Å². The molecule has 2 heterocycles. The highest BCUT2D eigenvalue weighted by Gasteiger charge is 2.56. The number of ether oxygens (including phenoxy) is 1. The quantitative estimate of drug-likeness (QED) is 0.0653. The summed E-state index contributed by atoms with van der Waals surface area (Å²) in [5, 5.41) is 8.10. The van der Waals surface area contributed by atoms with Crippen molar-refractivity contribution in [3.05, 3.63) is 60.4 Å². The molecule has 0 saturated carbocycles. The van der Waals surface area contributed by atoms with Crippen LogP contribution in [0, 0.1) is 5.92 Å². The molecule has 4 atom stereocenters. The minimum atomic E-state index is -2.22. The summed E-state index contributed by atoms with van der Waals surface area (Å²) in [6.45, 7) is 16.5. The summed E-state index contributed by atoms with van der Waals surface area (Å²) in [6, 6.07) is 9.31. The Morgan fingerprint density at radius 1 is 1.23 bits per heavy atom. The molecule has 11 heteroatoms. The van der Waals surface area contributed by atoms with Gasteiger partial charge in [0.25, 0.3) is 0 Å². The predicted molar refractivity (Wildman–Crippen MR) is 152 cm³/mol. The number of hydrogen-bond acceptors (Lipinski definition) is 7. The standard InChI is InChI=1S/C28H39ClN4O5Si/c1-8-16-37-27(36)25(29)33-22(24(26(33)35)19(2)38-39(6,7)28(3,4)5)17-23(34)21-18-32(31-30-21)15-14-20-12-10-9-11-13-20/h8-13,18-19,22,24-25H,1,14-17H2,2-7H3/t19-,22-,24-,25?/m1/s1. The molecular formula is C28H39ClN4O5Si. The number of hydrogen-bond donors (Lipinski definition) is 0. The molecule has 3 rings (SSSR count). The van der Waals surface area contributed by atoms with Gasteiger partial charge in [0.1, 0.15) is 12.3 Å². The van der Waals surface area contributed by atoms with Gasteiger partial charge in [0.05, 0.1) is 24.3 Å². The second kappa shape index (κ2) is 12.6. The zero-order chi connectivity index (χ0) is 29.0. The fourth-order valence-electron chi connectivity index (χ4n) is 4.37. The van der Waals surface area contributed by atoms with Gasteiger partial charge in [0, 0.05) is 13.0 Å². The first-order chi connectivity index (χ1) is 18.3. The minimum Gasteiger partial charge on any atom is -0.459 e. The van der Waals surface area contributed by atoms with Crippen molar-refractivity contribution < 1.29 is 23.5 Å². The van der Waals surface area contributed by atoms with Crippen LogP contribution >= 0.6 is 11.6 Å². The highest BCUT2D eigenvalue weighted by Crippen LogP contribution is 2.42. The number of carbonyl (C=O) groups excluding carboxylic acids is 3. The zero-order valence-corrected chi connectivity index (χ0v) is 25.4. The van der Waals surface area contributed by atoms with Crippen LogP contribution in [0.3, 0.4) is 0 Å². The third kappa shape index (κ3) is 7.23. The number of rotatable bonds is 13. The molecule has 0 bridgehead atoms. The number of benzene rings is 1. The lowest BCUT2D eigenvalue weighted by Gasteiger charge is -2.52. The number of likely N-dealkylation sites (tertiary alicyclic amines) is 1. The highest BCUT2D eigenvalue weighted by molar-refractivity contribution is 6.74. The maximum absolute atomic E-state index is 13.3. The molecular weight excluding hydrogens is 536 g/mol. The van der Waals surface area contributed by atoms with Gasteiger partial charge in [-0.05, 0) is 37.0 Å². The molecule has 1 aliphatic heterocycles. The molecule has 1 amide bonds. The molecule has 39 heavy (non-hydrogen) atoms. The Hall–Kier alpha value is -2.82. The van der Waals surface area contributed by atoms with E-state index in [0.717, 1.165) is 12.0 Å². The van der Waals surface area contributed by atoms with E-state index in [2.05, 4.69) is 50.8 Å². The van der Waals surface area contributed by atoms with E-state index in [1.807, 2.05) is 37.3 Å². The Bertz CT molecular complexity index is 1180. The van der Waals surface area contributed by atoms with Crippen molar-refractivity contribution in [1.29, 1.82) is 0 Å². The Morgan fingerprint density at radius 3 is 2.51 bits per heavy atom. The lowest BCUT2D eigenvalue weighted by Crippen LogP contribution is -2.69. The number of ketones is 1. The fraction of sp³-hybridized carbons (Fsp3) is 0.536. The molecule has 1 unspecified atom stereocenters. The van der Waals surface area contributed by atoms with Gasteiger partial charge in [-0.15, -0.1) is 5.10 Å². The summed E-state index contributed by atoms with van der Waals surface area (Å²) in [5.74, 6) is -2.05. The molecule has 1 aromatic carbocycles. The van der Waals surface area contributed by atoms with Crippen molar-refractivity contribution in [2.45, 2.75) is 82.9 Å². The topological polar surface area (TPSA) is 104 Å². The maximum Gasteiger partial charge on any atom is 0.344 e. The van der Waals surface area contributed by atoms with Crippen molar-refractivity contribution in [2.75, 3.05) is 6.61 Å². The van der Waals surface area contributed by atoms with Crippen molar-refractivity contribution >= 4 is 37.6 Å². The largest absolute Gasteiger partial charge is 0.459 e. The number of Topliss-reactive ketones (excluding diaryl/α,β-unsaturated/α-hetero) is 1. The number of β-lactam (4-membered cyclic amide) rings is 1. The van der Waals surface area contributed by atoms with Crippen LogP contribution < -0.4 is 0 Å². The molecule has 1 aromatic heterocycles. The summed E-state index contributed by atoms with van der Waals surface area (Å²) in [7, 11) is -2.22. The second-order valence-electron chi connectivity index (χ2n) is 11.4. The summed E-state index contributed by atoms with van der Waals surface area (Å²) >= 11 is 6.39. The highest BCUT2D eigenvalue weighted by atomic mass is 35.5. The van der Waals surface area contributed by atoms with Gasteiger partial charge in [0.15, 0.2) is 14.1 Å². The molecule has 1 aliphatic rings. The third-order valence-electron chi connectivity index (χ3n) is 7.58. The van der Waals surface area contributed by atoms with Crippen LogP contribution in [-0.4, -0.2) is 70.1 Å². The Balaban J connectivity index is 1.76. The average Bonchev–Trinajstić information content (AvgIpc) is 3.34. The smallest absolute Gasteiger partial charge is 0.344 e. The number of aryl methyl sites for hydroxylation is 2. The molecule has 0 N–H and O–H groups in total. The van der Waals surface area contributed by atoms with Crippen LogP contribution in [0.15, 0.2) is 49.2 Å². The Labute approximate surface area is 236 Å². The first-order valence-electron chi connectivity index (χ1n) is 13.2. The lowest BCUT2D eigenvalue weighted by atomic mass is 9.80. The van der Waals surface area contributed by atoms with E-state index >= 15 is 0 Å². The molecule has 9 nitrogen and oxygen atoms in total. The van der Waals surface area contributed by atoms with E-state index in [1.165, 1.54) is 11.0 Å². The van der Waals surface area contributed by atoms with E-state index in [1.54, 1.807) is 10.9 Å². The minimum absolute atomic E-state index is 0.0336. The van der Waals surface area contributed by atoms with Crippen LogP contribution in [-0.2, 0) is 31.7 Å². The van der Waals surface area contributed by atoms with Crippen molar-refractivity contribution in [3.63, 3.8) is 0 Å². The van der Waals surface area contributed by atoms with E-state index in [9.17, 15) is 14.4 Å². The van der Waals surface area contributed by atoms with Gasteiger partial charge < -0.3 is 14.1 Å². The summed E-state index contributed by atoms with van der Waals surface area (Å²) in [5.41, 5.74) is -0.0212. The lowest BCUT2D eigenvalue weighted by molar-refractivity contribution is -0.172. The van der Waals surface area contributed by atoms with Crippen molar-refractivity contribution in [1.82, 2.24) is 19.9 Å². The van der Waals surface area contributed by atoms with Gasteiger partial charge in [0.2, 0.25) is 11.4 Å². The normalized spacial score (nSPS) is 19.3. The Morgan fingerprint density at radius 2 is 1.90 bits per heavy atom. The van der Waals surface area contributed by atoms with E-state index in [4.69, 9.17) is 20.8 Å².